The second-order valence-electron chi connectivity index (χ2n) is 4.27. The fourth-order valence-corrected chi connectivity index (χ4v) is 1.75. The molecule has 5 heteroatoms. The molecule has 1 atom stereocenters. The van der Waals surface area contributed by atoms with Gasteiger partial charge in [-0.15, -0.1) is 0 Å². The smallest absolute Gasteiger partial charge is 0.409 e. The van der Waals surface area contributed by atoms with E-state index in [1.54, 1.807) is 48.5 Å². The molecule has 1 unspecified atom stereocenters. The van der Waals surface area contributed by atoms with Crippen molar-refractivity contribution in [2.24, 2.45) is 0 Å². The number of nitrogens with one attached hydrogen (secondary N) is 1. The van der Waals surface area contributed by atoms with E-state index in [0.717, 1.165) is 0 Å². The first kappa shape index (κ1) is 14.5. The summed E-state index contributed by atoms with van der Waals surface area (Å²) in [5, 5.41) is 11.5. The van der Waals surface area contributed by atoms with Crippen molar-refractivity contribution in [1.82, 2.24) is 5.32 Å². The van der Waals surface area contributed by atoms with E-state index in [-0.39, 0.29) is 6.54 Å². The molecule has 0 aliphatic carbocycles. The van der Waals surface area contributed by atoms with Crippen molar-refractivity contribution in [2.45, 2.75) is 12.6 Å². The molecular formula is C16H13FN2O2. The van der Waals surface area contributed by atoms with Crippen molar-refractivity contribution < 1.29 is 13.9 Å². The number of hydrogen-bond acceptors (Lipinski definition) is 3. The van der Waals surface area contributed by atoms with Gasteiger partial charge in [-0.25, -0.2) is 9.18 Å². The van der Waals surface area contributed by atoms with Crippen molar-refractivity contribution in [1.29, 1.82) is 5.26 Å². The molecule has 0 aliphatic rings. The van der Waals surface area contributed by atoms with Crippen LogP contribution >= 0.6 is 0 Å². The zero-order valence-electron chi connectivity index (χ0n) is 11.1. The molecular weight excluding hydrogens is 271 g/mol. The molecule has 1 N–H and O–H groups in total. The third-order valence-electron chi connectivity index (χ3n) is 2.83. The molecule has 0 aromatic heterocycles. The highest BCUT2D eigenvalue weighted by atomic mass is 19.1. The van der Waals surface area contributed by atoms with E-state index in [2.05, 4.69) is 5.32 Å². The van der Waals surface area contributed by atoms with E-state index in [9.17, 15) is 9.18 Å². The number of rotatable bonds is 4. The van der Waals surface area contributed by atoms with E-state index in [1.165, 1.54) is 6.07 Å². The number of amides is 1. The Morgan fingerprint density at radius 2 is 1.86 bits per heavy atom. The van der Waals surface area contributed by atoms with Gasteiger partial charge in [-0.2, -0.15) is 5.26 Å². The molecule has 0 saturated carbocycles. The zero-order valence-corrected chi connectivity index (χ0v) is 11.1. The van der Waals surface area contributed by atoms with Gasteiger partial charge in [-0.3, -0.25) is 0 Å². The average molecular weight is 284 g/mol. The second-order valence-corrected chi connectivity index (χ2v) is 4.27. The van der Waals surface area contributed by atoms with Crippen LogP contribution in [-0.4, -0.2) is 6.09 Å². The largest absolute Gasteiger partial charge is 0.426 e. The average Bonchev–Trinajstić information content (AvgIpc) is 2.52. The maximum atomic E-state index is 13.4. The Labute approximate surface area is 121 Å². The molecule has 0 fully saturated rings. The van der Waals surface area contributed by atoms with E-state index < -0.39 is 18.0 Å². The summed E-state index contributed by atoms with van der Waals surface area (Å²) in [5.41, 5.74) is 0.934. The van der Waals surface area contributed by atoms with Gasteiger partial charge in [0.05, 0.1) is 0 Å². The van der Waals surface area contributed by atoms with Gasteiger partial charge >= 0.3 is 6.09 Å². The van der Waals surface area contributed by atoms with Gasteiger partial charge in [-0.05, 0) is 6.07 Å². The molecule has 0 saturated heterocycles. The Morgan fingerprint density at radius 1 is 1.19 bits per heavy atom. The van der Waals surface area contributed by atoms with Crippen molar-refractivity contribution in [3.8, 4) is 6.07 Å². The van der Waals surface area contributed by atoms with Crippen molar-refractivity contribution in [3.63, 3.8) is 0 Å². The van der Waals surface area contributed by atoms with Crippen LogP contribution in [0.1, 0.15) is 17.2 Å². The topological polar surface area (TPSA) is 62.1 Å². The number of nitrogens with zero attached hydrogens (tertiary/aromatic N) is 1. The van der Waals surface area contributed by atoms with E-state index >= 15 is 0 Å². The quantitative estimate of drug-likeness (QED) is 0.936. The van der Waals surface area contributed by atoms with Crippen LogP contribution in [0.3, 0.4) is 0 Å². The van der Waals surface area contributed by atoms with Crippen LogP contribution in [0.2, 0.25) is 0 Å². The van der Waals surface area contributed by atoms with Gasteiger partial charge in [-0.1, -0.05) is 48.5 Å². The standard InChI is InChI=1S/C16H13FN2O2/c17-14-9-5-4-8-13(14)11-19-16(20)21-15(10-18)12-6-2-1-3-7-12/h1-9,15H,11H2,(H,19,20). The Bertz CT molecular complexity index is 653. The molecule has 2 aromatic rings. The van der Waals surface area contributed by atoms with Gasteiger partial charge in [0, 0.05) is 17.7 Å². The number of ether oxygens (including phenoxy) is 1. The van der Waals surface area contributed by atoms with E-state index in [0.29, 0.717) is 11.1 Å². The number of benzene rings is 2. The summed E-state index contributed by atoms with van der Waals surface area (Å²) in [6.45, 7) is -0.00154. The lowest BCUT2D eigenvalue weighted by molar-refractivity contribution is 0.122. The summed E-state index contributed by atoms with van der Waals surface area (Å²) in [7, 11) is 0. The number of hydrogen-bond donors (Lipinski definition) is 1. The van der Waals surface area contributed by atoms with E-state index in [4.69, 9.17) is 10.00 Å². The van der Waals surface area contributed by atoms with Gasteiger partial charge in [0.1, 0.15) is 11.9 Å². The van der Waals surface area contributed by atoms with Gasteiger partial charge in [0.2, 0.25) is 6.10 Å². The molecule has 0 bridgehead atoms. The molecule has 4 nitrogen and oxygen atoms in total. The summed E-state index contributed by atoms with van der Waals surface area (Å²) >= 11 is 0. The van der Waals surface area contributed by atoms with Gasteiger partial charge in [0.25, 0.3) is 0 Å². The molecule has 2 rings (SSSR count). The molecule has 1 amide bonds. The summed E-state index contributed by atoms with van der Waals surface area (Å²) < 4.78 is 18.4. The number of carbonyl (C=O) groups is 1. The van der Waals surface area contributed by atoms with Crippen molar-refractivity contribution in [3.05, 3.63) is 71.5 Å². The Hall–Kier alpha value is -2.87. The number of halogens is 1. The molecule has 2 aromatic carbocycles. The summed E-state index contributed by atoms with van der Waals surface area (Å²) in [5.74, 6) is -0.405. The number of nitriles is 1. The van der Waals surface area contributed by atoms with Gasteiger partial charge in [0.15, 0.2) is 0 Å². The van der Waals surface area contributed by atoms with Crippen LogP contribution in [0.15, 0.2) is 54.6 Å². The highest BCUT2D eigenvalue weighted by Gasteiger charge is 2.15. The highest BCUT2D eigenvalue weighted by molar-refractivity contribution is 5.67. The fourth-order valence-electron chi connectivity index (χ4n) is 1.75. The minimum absolute atomic E-state index is 0.00154. The summed E-state index contributed by atoms with van der Waals surface area (Å²) in [6.07, 6.45) is -1.76. The van der Waals surface area contributed by atoms with Crippen LogP contribution in [-0.2, 0) is 11.3 Å². The first-order chi connectivity index (χ1) is 10.2. The third kappa shape index (κ3) is 4.05. The Balaban J connectivity index is 1.92. The van der Waals surface area contributed by atoms with Gasteiger partial charge < -0.3 is 10.1 Å². The summed E-state index contributed by atoms with van der Waals surface area (Å²) in [4.78, 5) is 11.7. The Morgan fingerprint density at radius 3 is 2.52 bits per heavy atom. The molecule has 0 radical (unpaired) electrons. The molecule has 0 aliphatic heterocycles. The van der Waals surface area contributed by atoms with Crippen molar-refractivity contribution >= 4 is 6.09 Å². The van der Waals surface area contributed by atoms with Crippen LogP contribution in [0.25, 0.3) is 0 Å². The van der Waals surface area contributed by atoms with Crippen LogP contribution < -0.4 is 5.32 Å². The predicted molar refractivity (Wildman–Crippen MR) is 74.5 cm³/mol. The van der Waals surface area contributed by atoms with E-state index in [1.807, 2.05) is 6.07 Å². The molecule has 106 valence electrons. The molecule has 21 heavy (non-hydrogen) atoms. The normalized spacial score (nSPS) is 11.2. The predicted octanol–water partition coefficient (Wildman–Crippen LogP) is 3.32. The van der Waals surface area contributed by atoms with Crippen LogP contribution in [0, 0.1) is 17.1 Å². The number of alkyl carbamates (subject to hydrolysis) is 1. The lowest BCUT2D eigenvalue weighted by Crippen LogP contribution is -2.25. The second kappa shape index (κ2) is 7.06. The molecule has 0 spiro atoms. The maximum absolute atomic E-state index is 13.4. The minimum atomic E-state index is -0.994. The first-order valence-electron chi connectivity index (χ1n) is 6.33. The lowest BCUT2D eigenvalue weighted by Gasteiger charge is -2.12. The zero-order chi connectivity index (χ0) is 15.1. The maximum Gasteiger partial charge on any atom is 0.409 e. The lowest BCUT2D eigenvalue weighted by atomic mass is 10.1. The third-order valence-corrected chi connectivity index (χ3v) is 2.83. The van der Waals surface area contributed by atoms with Crippen molar-refractivity contribution in [2.75, 3.05) is 0 Å². The highest BCUT2D eigenvalue weighted by Crippen LogP contribution is 2.16. The minimum Gasteiger partial charge on any atom is -0.426 e. The first-order valence-corrected chi connectivity index (χ1v) is 6.33. The fraction of sp³-hybridized carbons (Fsp3) is 0.125. The monoisotopic (exact) mass is 284 g/mol. The summed E-state index contributed by atoms with van der Waals surface area (Å²) in [6, 6.07) is 16.7. The van der Waals surface area contributed by atoms with Crippen LogP contribution in [0.4, 0.5) is 9.18 Å². The number of carbonyl (C=O) groups excluding carboxylic acids is 1. The molecule has 0 heterocycles. The Kier molecular flexibility index (Phi) is 4.89. The SMILES string of the molecule is N#CC(OC(=O)NCc1ccccc1F)c1ccccc1. The van der Waals surface area contributed by atoms with Crippen LogP contribution in [0.5, 0.6) is 0 Å².